The van der Waals surface area contributed by atoms with E-state index in [1.165, 1.54) is 12.8 Å². The molecule has 0 atom stereocenters. The molecule has 0 heterocycles. The fourth-order valence-corrected chi connectivity index (χ4v) is 1.81. The molecule has 3 N–H and O–H groups in total. The van der Waals surface area contributed by atoms with E-state index in [1.54, 1.807) is 0 Å². The van der Waals surface area contributed by atoms with Gasteiger partial charge in [-0.15, -0.1) is 0 Å². The summed E-state index contributed by atoms with van der Waals surface area (Å²) in [5.74, 6) is 0.838. The molecule has 0 radical (unpaired) electrons. The lowest BCUT2D eigenvalue weighted by Gasteiger charge is -2.35. The van der Waals surface area contributed by atoms with Crippen LogP contribution in [-0.2, 0) is 0 Å². The molecule has 1 aliphatic rings. The lowest BCUT2D eigenvalue weighted by Crippen LogP contribution is -2.43. The summed E-state index contributed by atoms with van der Waals surface area (Å²) >= 11 is 0. The van der Waals surface area contributed by atoms with Crippen molar-refractivity contribution in [1.82, 2.24) is 0 Å². The molecule has 0 unspecified atom stereocenters. The zero-order chi connectivity index (χ0) is 8.32. The fraction of sp³-hybridized carbons (Fsp3) is 1.00. The highest BCUT2D eigenvalue weighted by Crippen LogP contribution is 2.31. The van der Waals surface area contributed by atoms with E-state index < -0.39 is 0 Å². The normalized spacial score (nSPS) is 39.0. The summed E-state index contributed by atoms with van der Waals surface area (Å²) in [4.78, 5) is 0. The fourth-order valence-electron chi connectivity index (χ4n) is 1.81. The monoisotopic (exact) mass is 157 g/mol. The minimum absolute atomic E-state index is 0.0404. The van der Waals surface area contributed by atoms with Gasteiger partial charge in [0.15, 0.2) is 0 Å². The number of hydrogen-bond donors (Lipinski definition) is 2. The Balaban J connectivity index is 2.35. The van der Waals surface area contributed by atoms with Gasteiger partial charge in [-0.25, -0.2) is 0 Å². The van der Waals surface area contributed by atoms with Crippen LogP contribution in [0.25, 0.3) is 0 Å². The maximum absolute atomic E-state index is 8.77. The Morgan fingerprint density at radius 2 is 2.00 bits per heavy atom. The van der Waals surface area contributed by atoms with Gasteiger partial charge in [-0.2, -0.15) is 0 Å². The lowest BCUT2D eigenvalue weighted by atomic mass is 9.76. The third-order valence-electron chi connectivity index (χ3n) is 2.88. The van der Waals surface area contributed by atoms with Crippen molar-refractivity contribution in [3.05, 3.63) is 0 Å². The Bertz CT molecular complexity index is 117. The van der Waals surface area contributed by atoms with Crippen LogP contribution in [0.15, 0.2) is 0 Å². The molecule has 2 nitrogen and oxygen atoms in total. The lowest BCUT2D eigenvalue weighted by molar-refractivity contribution is 0.181. The Labute approximate surface area is 68.8 Å². The second kappa shape index (κ2) is 3.55. The van der Waals surface area contributed by atoms with Crippen LogP contribution < -0.4 is 5.73 Å². The first-order valence-electron chi connectivity index (χ1n) is 4.56. The summed E-state index contributed by atoms with van der Waals surface area (Å²) in [6.45, 7) is 2.52. The van der Waals surface area contributed by atoms with E-state index in [2.05, 4.69) is 6.92 Å². The second-order valence-corrected chi connectivity index (χ2v) is 4.02. The topological polar surface area (TPSA) is 46.2 Å². The quantitative estimate of drug-likeness (QED) is 0.634. The summed E-state index contributed by atoms with van der Waals surface area (Å²) in [6, 6.07) is 0. The number of rotatable bonds is 2. The van der Waals surface area contributed by atoms with Crippen molar-refractivity contribution in [2.45, 2.75) is 44.6 Å². The van der Waals surface area contributed by atoms with Crippen LogP contribution in [0.1, 0.15) is 39.0 Å². The van der Waals surface area contributed by atoms with Gasteiger partial charge in [-0.05, 0) is 38.0 Å². The maximum Gasteiger partial charge on any atom is 0.0448 e. The number of hydrogen-bond acceptors (Lipinski definition) is 2. The van der Waals surface area contributed by atoms with E-state index in [4.69, 9.17) is 10.8 Å². The summed E-state index contributed by atoms with van der Waals surface area (Å²) in [5.41, 5.74) is 6.03. The van der Waals surface area contributed by atoms with Crippen molar-refractivity contribution in [2.24, 2.45) is 11.7 Å². The van der Waals surface area contributed by atoms with Gasteiger partial charge in [0.05, 0.1) is 0 Å². The molecule has 1 fully saturated rings. The molecule has 0 bridgehead atoms. The van der Waals surface area contributed by atoms with Crippen molar-refractivity contribution < 1.29 is 5.11 Å². The van der Waals surface area contributed by atoms with Gasteiger partial charge < -0.3 is 10.8 Å². The predicted molar refractivity (Wildman–Crippen MR) is 46.3 cm³/mol. The van der Waals surface area contributed by atoms with Gasteiger partial charge in [0, 0.05) is 12.1 Å². The number of nitrogens with two attached hydrogens (primary N) is 1. The first kappa shape index (κ1) is 9.01. The SMILES string of the molecule is CC1CCC(N)(CCO)CC1. The Kier molecular flexibility index (Phi) is 2.90. The molecule has 0 aromatic heterocycles. The first-order valence-corrected chi connectivity index (χ1v) is 4.56. The third-order valence-corrected chi connectivity index (χ3v) is 2.88. The van der Waals surface area contributed by atoms with E-state index in [0.29, 0.717) is 0 Å². The van der Waals surface area contributed by atoms with E-state index in [1.807, 2.05) is 0 Å². The summed E-state index contributed by atoms with van der Waals surface area (Å²) in [6.07, 6.45) is 5.43. The molecule has 11 heavy (non-hydrogen) atoms. The van der Waals surface area contributed by atoms with E-state index in [9.17, 15) is 0 Å². The van der Waals surface area contributed by atoms with Crippen LogP contribution in [0.3, 0.4) is 0 Å². The number of aliphatic hydroxyl groups is 1. The van der Waals surface area contributed by atoms with Gasteiger partial charge in [-0.3, -0.25) is 0 Å². The van der Waals surface area contributed by atoms with E-state index in [-0.39, 0.29) is 12.1 Å². The molecular weight excluding hydrogens is 138 g/mol. The molecule has 1 saturated carbocycles. The van der Waals surface area contributed by atoms with Crippen molar-refractivity contribution in [3.63, 3.8) is 0 Å². The molecule has 66 valence electrons. The largest absolute Gasteiger partial charge is 0.396 e. The van der Waals surface area contributed by atoms with Crippen LogP contribution in [0.4, 0.5) is 0 Å². The van der Waals surface area contributed by atoms with Gasteiger partial charge in [-0.1, -0.05) is 6.92 Å². The molecule has 0 saturated heterocycles. The zero-order valence-corrected chi connectivity index (χ0v) is 7.34. The van der Waals surface area contributed by atoms with Crippen molar-refractivity contribution in [1.29, 1.82) is 0 Å². The van der Waals surface area contributed by atoms with Gasteiger partial charge in [0.2, 0.25) is 0 Å². The van der Waals surface area contributed by atoms with Crippen LogP contribution in [0.2, 0.25) is 0 Å². The Morgan fingerprint density at radius 3 is 2.45 bits per heavy atom. The standard InChI is InChI=1S/C9H19NO/c1-8-2-4-9(10,5-3-8)6-7-11/h8,11H,2-7,10H2,1H3. The second-order valence-electron chi connectivity index (χ2n) is 4.02. The summed E-state index contributed by atoms with van der Waals surface area (Å²) in [7, 11) is 0. The highest BCUT2D eigenvalue weighted by atomic mass is 16.3. The summed E-state index contributed by atoms with van der Waals surface area (Å²) in [5, 5.41) is 8.77. The minimum atomic E-state index is -0.0404. The molecule has 0 amide bonds. The smallest absolute Gasteiger partial charge is 0.0448 e. The highest BCUT2D eigenvalue weighted by molar-refractivity contribution is 4.88. The molecule has 0 aromatic carbocycles. The van der Waals surface area contributed by atoms with Crippen molar-refractivity contribution in [3.8, 4) is 0 Å². The Morgan fingerprint density at radius 1 is 1.45 bits per heavy atom. The van der Waals surface area contributed by atoms with E-state index >= 15 is 0 Å². The minimum Gasteiger partial charge on any atom is -0.396 e. The molecule has 0 aromatic rings. The van der Waals surface area contributed by atoms with Crippen LogP contribution >= 0.6 is 0 Å². The average Bonchev–Trinajstić information content (AvgIpc) is 1.97. The van der Waals surface area contributed by atoms with Gasteiger partial charge in [0.25, 0.3) is 0 Å². The molecule has 2 heteroatoms. The molecule has 0 aliphatic heterocycles. The van der Waals surface area contributed by atoms with Crippen LogP contribution in [-0.4, -0.2) is 17.3 Å². The van der Waals surface area contributed by atoms with Crippen molar-refractivity contribution in [2.75, 3.05) is 6.61 Å². The van der Waals surface area contributed by atoms with E-state index in [0.717, 1.165) is 25.2 Å². The maximum atomic E-state index is 8.77. The van der Waals surface area contributed by atoms with Gasteiger partial charge in [0.1, 0.15) is 0 Å². The Hall–Kier alpha value is -0.0800. The molecule has 0 spiro atoms. The average molecular weight is 157 g/mol. The van der Waals surface area contributed by atoms with Crippen LogP contribution in [0.5, 0.6) is 0 Å². The zero-order valence-electron chi connectivity index (χ0n) is 7.34. The third kappa shape index (κ3) is 2.46. The van der Waals surface area contributed by atoms with Gasteiger partial charge >= 0.3 is 0 Å². The number of aliphatic hydroxyl groups excluding tert-OH is 1. The van der Waals surface area contributed by atoms with Crippen molar-refractivity contribution >= 4 is 0 Å². The first-order chi connectivity index (χ1) is 5.16. The summed E-state index contributed by atoms with van der Waals surface area (Å²) < 4.78 is 0. The highest BCUT2D eigenvalue weighted by Gasteiger charge is 2.29. The van der Waals surface area contributed by atoms with Crippen LogP contribution in [0, 0.1) is 5.92 Å². The molecule has 1 aliphatic carbocycles. The predicted octanol–water partition coefficient (Wildman–Crippen LogP) is 1.28. The molecule has 1 rings (SSSR count). The molecular formula is C9H19NO.